The van der Waals surface area contributed by atoms with E-state index < -0.39 is 6.04 Å². The lowest BCUT2D eigenvalue weighted by Crippen LogP contribution is -2.50. The van der Waals surface area contributed by atoms with E-state index in [1.807, 2.05) is 25.1 Å². The molecular weight excluding hydrogens is 374 g/mol. The first-order chi connectivity index (χ1) is 12.0. The number of hydrogen-bond donors (Lipinski definition) is 2. The Kier molecular flexibility index (Phi) is 7.04. The van der Waals surface area contributed by atoms with Gasteiger partial charge in [0.25, 0.3) is 0 Å². The summed E-state index contributed by atoms with van der Waals surface area (Å²) in [7, 11) is 0. The maximum Gasteiger partial charge on any atom is 0.223 e. The topological polar surface area (TPSA) is 41.1 Å². The summed E-state index contributed by atoms with van der Waals surface area (Å²) < 4.78 is 13.7. The monoisotopic (exact) mass is 396 g/mol. The standard InChI is InChI=1S/C20H22ClFN2O.ClH/c1-12-9-14(7-8-18(12)22)19(16-5-3-4-6-17(16)21)24-20(25)13(2)15-10-23-11-15;/h3-9,13,15,19,23H,10-11H2,1-2H3,(H,24,25);1H. The van der Waals surface area contributed by atoms with Crippen molar-refractivity contribution in [1.29, 1.82) is 0 Å². The van der Waals surface area contributed by atoms with Crippen LogP contribution in [0.5, 0.6) is 0 Å². The van der Waals surface area contributed by atoms with Gasteiger partial charge in [-0.25, -0.2) is 4.39 Å². The maximum atomic E-state index is 13.7. The lowest BCUT2D eigenvalue weighted by Gasteiger charge is -2.33. The number of nitrogens with one attached hydrogen (secondary N) is 2. The largest absolute Gasteiger partial charge is 0.345 e. The molecular formula is C20H23Cl2FN2O. The second-order valence-electron chi connectivity index (χ2n) is 6.68. The highest BCUT2D eigenvalue weighted by atomic mass is 35.5. The van der Waals surface area contributed by atoms with Crippen LogP contribution < -0.4 is 10.6 Å². The number of hydrogen-bond acceptors (Lipinski definition) is 2. The molecule has 1 amide bonds. The van der Waals surface area contributed by atoms with Gasteiger partial charge in [0.15, 0.2) is 0 Å². The van der Waals surface area contributed by atoms with Gasteiger partial charge in [0.05, 0.1) is 6.04 Å². The molecule has 0 aromatic heterocycles. The molecule has 2 aromatic rings. The molecule has 26 heavy (non-hydrogen) atoms. The molecule has 140 valence electrons. The minimum absolute atomic E-state index is 0. The van der Waals surface area contributed by atoms with Crippen molar-refractivity contribution in [1.82, 2.24) is 10.6 Å². The highest BCUT2D eigenvalue weighted by molar-refractivity contribution is 6.31. The normalized spacial score (nSPS) is 16.2. The molecule has 0 spiro atoms. The molecule has 0 aliphatic carbocycles. The van der Waals surface area contributed by atoms with Crippen molar-refractivity contribution in [2.75, 3.05) is 13.1 Å². The molecule has 3 rings (SSSR count). The number of aryl methyl sites for hydroxylation is 1. The number of halogens is 3. The molecule has 2 atom stereocenters. The van der Waals surface area contributed by atoms with Gasteiger partial charge in [0.2, 0.25) is 5.91 Å². The van der Waals surface area contributed by atoms with Gasteiger partial charge in [-0.1, -0.05) is 48.9 Å². The van der Waals surface area contributed by atoms with E-state index in [1.54, 1.807) is 25.1 Å². The van der Waals surface area contributed by atoms with Gasteiger partial charge in [-0.3, -0.25) is 4.79 Å². The minimum Gasteiger partial charge on any atom is -0.345 e. The summed E-state index contributed by atoms with van der Waals surface area (Å²) in [5.74, 6) is -0.0186. The molecule has 6 heteroatoms. The van der Waals surface area contributed by atoms with Crippen molar-refractivity contribution in [3.05, 3.63) is 70.0 Å². The average molecular weight is 397 g/mol. The number of benzene rings is 2. The Bertz CT molecular complexity index is 780. The molecule has 1 aliphatic heterocycles. The van der Waals surface area contributed by atoms with Gasteiger partial charge in [-0.15, -0.1) is 12.4 Å². The van der Waals surface area contributed by atoms with Crippen LogP contribution in [0.3, 0.4) is 0 Å². The van der Waals surface area contributed by atoms with E-state index in [2.05, 4.69) is 10.6 Å². The van der Waals surface area contributed by atoms with Crippen LogP contribution in [0.15, 0.2) is 42.5 Å². The van der Waals surface area contributed by atoms with Crippen LogP contribution in [0.2, 0.25) is 5.02 Å². The molecule has 0 saturated carbocycles. The highest BCUT2D eigenvalue weighted by Crippen LogP contribution is 2.30. The third-order valence-corrected chi connectivity index (χ3v) is 5.30. The van der Waals surface area contributed by atoms with Gasteiger partial charge >= 0.3 is 0 Å². The second-order valence-corrected chi connectivity index (χ2v) is 7.09. The second kappa shape index (κ2) is 8.85. The van der Waals surface area contributed by atoms with Gasteiger partial charge in [0.1, 0.15) is 5.82 Å². The molecule has 2 N–H and O–H groups in total. The fourth-order valence-corrected chi connectivity index (χ4v) is 3.29. The van der Waals surface area contributed by atoms with E-state index in [9.17, 15) is 9.18 Å². The molecule has 0 radical (unpaired) electrons. The van der Waals surface area contributed by atoms with Crippen LogP contribution in [0.1, 0.15) is 29.7 Å². The number of amides is 1. The summed E-state index contributed by atoms with van der Waals surface area (Å²) in [6.07, 6.45) is 0. The van der Waals surface area contributed by atoms with Crippen molar-refractivity contribution < 1.29 is 9.18 Å². The summed E-state index contributed by atoms with van der Waals surface area (Å²) >= 11 is 6.37. The van der Waals surface area contributed by atoms with E-state index in [4.69, 9.17) is 11.6 Å². The fourth-order valence-electron chi connectivity index (χ4n) is 3.05. The summed E-state index contributed by atoms with van der Waals surface area (Å²) in [6, 6.07) is 11.9. The van der Waals surface area contributed by atoms with Crippen molar-refractivity contribution in [2.24, 2.45) is 11.8 Å². The maximum absolute atomic E-state index is 13.7. The van der Waals surface area contributed by atoms with Crippen molar-refractivity contribution >= 4 is 29.9 Å². The third kappa shape index (κ3) is 4.37. The van der Waals surface area contributed by atoms with Crippen molar-refractivity contribution in [3.63, 3.8) is 0 Å². The first kappa shape index (κ1) is 20.7. The van der Waals surface area contributed by atoms with Crippen LogP contribution in [0, 0.1) is 24.6 Å². The first-order valence-electron chi connectivity index (χ1n) is 8.49. The lowest BCUT2D eigenvalue weighted by molar-refractivity contribution is -0.127. The van der Waals surface area contributed by atoms with Gasteiger partial charge < -0.3 is 10.6 Å². The summed E-state index contributed by atoms with van der Waals surface area (Å²) in [5.41, 5.74) is 2.17. The van der Waals surface area contributed by atoms with E-state index in [0.29, 0.717) is 16.5 Å². The highest BCUT2D eigenvalue weighted by Gasteiger charge is 2.30. The van der Waals surface area contributed by atoms with Gasteiger partial charge in [-0.2, -0.15) is 0 Å². The number of carbonyl (C=O) groups is 1. The Morgan fingerprint density at radius 2 is 1.96 bits per heavy atom. The summed E-state index contributed by atoms with van der Waals surface area (Å²) in [4.78, 5) is 12.7. The number of rotatable bonds is 5. The Morgan fingerprint density at radius 1 is 1.27 bits per heavy atom. The van der Waals surface area contributed by atoms with Crippen molar-refractivity contribution in [2.45, 2.75) is 19.9 Å². The minimum atomic E-state index is -0.406. The lowest BCUT2D eigenvalue weighted by atomic mass is 9.87. The molecule has 0 bridgehead atoms. The predicted octanol–water partition coefficient (Wildman–Crippen LogP) is 4.27. The van der Waals surface area contributed by atoms with E-state index in [1.165, 1.54) is 6.07 Å². The van der Waals surface area contributed by atoms with E-state index in [0.717, 1.165) is 24.2 Å². The summed E-state index contributed by atoms with van der Waals surface area (Å²) in [6.45, 7) is 5.38. The summed E-state index contributed by atoms with van der Waals surface area (Å²) in [5, 5.41) is 6.88. The molecule has 2 aromatic carbocycles. The van der Waals surface area contributed by atoms with Gasteiger partial charge in [0, 0.05) is 10.9 Å². The zero-order chi connectivity index (χ0) is 18.0. The fraction of sp³-hybridized carbons (Fsp3) is 0.350. The predicted molar refractivity (Wildman–Crippen MR) is 105 cm³/mol. The van der Waals surface area contributed by atoms with E-state index >= 15 is 0 Å². The van der Waals surface area contributed by atoms with Crippen LogP contribution in [-0.4, -0.2) is 19.0 Å². The first-order valence-corrected chi connectivity index (χ1v) is 8.86. The SMILES string of the molecule is Cc1cc(C(NC(=O)C(C)C2CNC2)c2ccccc2Cl)ccc1F.Cl. The Balaban J connectivity index is 0.00000243. The van der Waals surface area contributed by atoms with Crippen LogP contribution in [0.25, 0.3) is 0 Å². The number of carbonyl (C=O) groups excluding carboxylic acids is 1. The van der Waals surface area contributed by atoms with Gasteiger partial charge in [-0.05, 0) is 54.8 Å². The quantitative estimate of drug-likeness (QED) is 0.791. The zero-order valence-electron chi connectivity index (χ0n) is 14.8. The molecule has 1 saturated heterocycles. The van der Waals surface area contributed by atoms with Crippen LogP contribution in [-0.2, 0) is 4.79 Å². The molecule has 3 nitrogen and oxygen atoms in total. The third-order valence-electron chi connectivity index (χ3n) is 4.95. The average Bonchev–Trinajstić information content (AvgIpc) is 2.54. The van der Waals surface area contributed by atoms with Crippen LogP contribution >= 0.6 is 24.0 Å². The zero-order valence-corrected chi connectivity index (χ0v) is 16.3. The molecule has 1 fully saturated rings. The Morgan fingerprint density at radius 3 is 2.54 bits per heavy atom. The van der Waals surface area contributed by atoms with Crippen LogP contribution in [0.4, 0.5) is 4.39 Å². The molecule has 1 aliphatic rings. The smallest absolute Gasteiger partial charge is 0.223 e. The molecule has 1 heterocycles. The Labute approximate surface area is 164 Å². The molecule has 2 unspecified atom stereocenters. The van der Waals surface area contributed by atoms with Crippen molar-refractivity contribution in [3.8, 4) is 0 Å². The Hall–Kier alpha value is -1.62. The van der Waals surface area contributed by atoms with E-state index in [-0.39, 0.29) is 30.0 Å².